The predicted molar refractivity (Wildman–Crippen MR) is 48.7 cm³/mol. The Balaban J connectivity index is 4.20. The smallest absolute Gasteiger partial charge is 0.317 e. The first-order valence-electron chi connectivity index (χ1n) is 4.54. The van der Waals surface area contributed by atoms with Gasteiger partial charge in [0.25, 0.3) is 0 Å². The Labute approximate surface area is 80.1 Å². The average Bonchev–Trinajstić information content (AvgIpc) is 2.05. The average molecular weight is 208 g/mol. The predicted octanol–water partition coefficient (Wildman–Crippen LogP) is 1.27. The van der Waals surface area contributed by atoms with Crippen molar-refractivity contribution in [2.24, 2.45) is 0 Å². The minimum Gasteiger partial charge on any atom is -0.595 e. The first-order chi connectivity index (χ1) is 6.17. The van der Waals surface area contributed by atoms with Crippen LogP contribution in [0.2, 0.25) is 0 Å². The van der Waals surface area contributed by atoms with Crippen LogP contribution >= 0.6 is 8.03 Å². The fourth-order valence-corrected chi connectivity index (χ4v) is 1.71. The van der Waals surface area contributed by atoms with E-state index in [1.54, 1.807) is 6.92 Å². The Hall–Kier alpha value is -0.0200. The van der Waals surface area contributed by atoms with Gasteiger partial charge in [-0.25, -0.2) is 0 Å². The SMILES string of the molecule is CCOC(OCC)C(CC)[P+](=O)[O-]. The van der Waals surface area contributed by atoms with E-state index >= 15 is 0 Å². The molecule has 0 amide bonds. The van der Waals surface area contributed by atoms with Crippen LogP contribution in [-0.2, 0) is 14.0 Å². The van der Waals surface area contributed by atoms with Crippen molar-refractivity contribution in [3.8, 4) is 0 Å². The van der Waals surface area contributed by atoms with Gasteiger partial charge in [0.15, 0.2) is 0 Å². The minimum atomic E-state index is -2.48. The van der Waals surface area contributed by atoms with E-state index in [0.717, 1.165) is 0 Å². The standard InChI is InChI=1S/C8H17O4P/c1-4-7(13(9)10)8(11-5-2)12-6-3/h7-8H,4-6H2,1-3H3. The summed E-state index contributed by atoms with van der Waals surface area (Å²) in [6.45, 7) is 6.36. The third-order valence-corrected chi connectivity index (χ3v) is 2.82. The number of rotatable bonds is 7. The molecule has 0 aliphatic heterocycles. The molecule has 2 atom stereocenters. The molecule has 0 rings (SSSR count). The highest BCUT2D eigenvalue weighted by Crippen LogP contribution is 2.26. The number of ether oxygens (including phenoxy) is 2. The first kappa shape index (κ1) is 13.0. The highest BCUT2D eigenvalue weighted by atomic mass is 31.1. The fourth-order valence-electron chi connectivity index (χ4n) is 1.04. The molecule has 0 aromatic carbocycles. The van der Waals surface area contributed by atoms with Crippen molar-refractivity contribution in [3.63, 3.8) is 0 Å². The Bertz CT molecular complexity index is 145. The van der Waals surface area contributed by atoms with E-state index in [2.05, 4.69) is 0 Å². The van der Waals surface area contributed by atoms with E-state index in [0.29, 0.717) is 19.6 Å². The highest BCUT2D eigenvalue weighted by Gasteiger charge is 2.31. The van der Waals surface area contributed by atoms with Gasteiger partial charge in [0.05, 0.1) is 0 Å². The molecule has 0 radical (unpaired) electrons. The molecule has 0 aliphatic carbocycles. The Morgan fingerprint density at radius 1 is 1.23 bits per heavy atom. The van der Waals surface area contributed by atoms with E-state index in [1.165, 1.54) is 0 Å². The first-order valence-corrected chi connectivity index (χ1v) is 5.78. The van der Waals surface area contributed by atoms with Crippen molar-refractivity contribution in [1.82, 2.24) is 0 Å². The summed E-state index contributed by atoms with van der Waals surface area (Å²) in [4.78, 5) is 10.8. The maximum absolute atomic E-state index is 10.8. The second kappa shape index (κ2) is 7.39. The summed E-state index contributed by atoms with van der Waals surface area (Å²) in [5.41, 5.74) is -0.533. The molecule has 0 heterocycles. The minimum absolute atomic E-state index is 0.463. The second-order valence-electron chi connectivity index (χ2n) is 2.54. The van der Waals surface area contributed by atoms with Crippen molar-refractivity contribution in [2.45, 2.75) is 39.1 Å². The molecule has 0 N–H and O–H groups in total. The van der Waals surface area contributed by atoms with Crippen molar-refractivity contribution in [2.75, 3.05) is 13.2 Å². The maximum Gasteiger partial charge on any atom is 0.317 e. The Kier molecular flexibility index (Phi) is 7.38. The van der Waals surface area contributed by atoms with Crippen LogP contribution in [0.15, 0.2) is 0 Å². The molecule has 4 nitrogen and oxygen atoms in total. The quantitative estimate of drug-likeness (QED) is 0.467. The summed E-state index contributed by atoms with van der Waals surface area (Å²) in [5.74, 6) is 0. The normalized spacial score (nSPS) is 14.7. The van der Waals surface area contributed by atoms with Crippen LogP contribution in [0.3, 0.4) is 0 Å². The van der Waals surface area contributed by atoms with Gasteiger partial charge in [-0.3, -0.25) is 0 Å². The molecule has 78 valence electrons. The zero-order valence-electron chi connectivity index (χ0n) is 8.36. The van der Waals surface area contributed by atoms with Crippen molar-refractivity contribution in [3.05, 3.63) is 0 Å². The molecule has 0 aliphatic rings. The second-order valence-corrected chi connectivity index (χ2v) is 3.77. The van der Waals surface area contributed by atoms with Crippen molar-refractivity contribution < 1.29 is 18.9 Å². The zero-order valence-corrected chi connectivity index (χ0v) is 9.25. The molecule has 0 spiro atoms. The van der Waals surface area contributed by atoms with Crippen LogP contribution in [-0.4, -0.2) is 25.2 Å². The topological polar surface area (TPSA) is 58.6 Å². The largest absolute Gasteiger partial charge is 0.595 e. The summed E-state index contributed by atoms with van der Waals surface area (Å²) in [6, 6.07) is 0. The van der Waals surface area contributed by atoms with Crippen LogP contribution in [0.4, 0.5) is 0 Å². The molecule has 0 saturated carbocycles. The molecular weight excluding hydrogens is 191 g/mol. The van der Waals surface area contributed by atoms with E-state index in [4.69, 9.17) is 9.47 Å². The lowest BCUT2D eigenvalue weighted by Gasteiger charge is -2.19. The van der Waals surface area contributed by atoms with Crippen LogP contribution in [0.1, 0.15) is 27.2 Å². The molecular formula is C8H17O4P. The van der Waals surface area contributed by atoms with Gasteiger partial charge in [0.2, 0.25) is 11.9 Å². The lowest BCUT2D eigenvalue weighted by atomic mass is 10.3. The van der Waals surface area contributed by atoms with Crippen LogP contribution < -0.4 is 4.89 Å². The van der Waals surface area contributed by atoms with E-state index < -0.39 is 20.0 Å². The van der Waals surface area contributed by atoms with Gasteiger partial charge in [0.1, 0.15) is 0 Å². The van der Waals surface area contributed by atoms with Crippen LogP contribution in [0.25, 0.3) is 0 Å². The van der Waals surface area contributed by atoms with Gasteiger partial charge in [0, 0.05) is 13.2 Å². The summed E-state index contributed by atoms with van der Waals surface area (Å²) in [5, 5.41) is 0. The summed E-state index contributed by atoms with van der Waals surface area (Å²) < 4.78 is 21.2. The van der Waals surface area contributed by atoms with Gasteiger partial charge in [-0.15, -0.1) is 0 Å². The Morgan fingerprint density at radius 2 is 1.69 bits per heavy atom. The van der Waals surface area contributed by atoms with E-state index in [-0.39, 0.29) is 0 Å². The third-order valence-electron chi connectivity index (χ3n) is 1.67. The fraction of sp³-hybridized carbons (Fsp3) is 1.00. The molecule has 0 saturated heterocycles. The monoisotopic (exact) mass is 208 g/mol. The maximum atomic E-state index is 10.8. The van der Waals surface area contributed by atoms with Crippen LogP contribution in [0, 0.1) is 0 Å². The lowest BCUT2D eigenvalue weighted by Crippen LogP contribution is -2.31. The molecule has 0 bridgehead atoms. The van der Waals surface area contributed by atoms with Gasteiger partial charge in [-0.1, -0.05) is 11.5 Å². The van der Waals surface area contributed by atoms with Gasteiger partial charge in [-0.05, 0) is 20.3 Å². The summed E-state index contributed by atoms with van der Waals surface area (Å²) in [6.07, 6.45) is -0.0928. The molecule has 0 aromatic heterocycles. The van der Waals surface area contributed by atoms with Gasteiger partial charge in [-0.2, -0.15) is 0 Å². The van der Waals surface area contributed by atoms with E-state index in [9.17, 15) is 9.46 Å². The van der Waals surface area contributed by atoms with Crippen molar-refractivity contribution in [1.29, 1.82) is 0 Å². The molecule has 13 heavy (non-hydrogen) atoms. The lowest BCUT2D eigenvalue weighted by molar-refractivity contribution is -0.183. The summed E-state index contributed by atoms with van der Waals surface area (Å²) >= 11 is 0. The van der Waals surface area contributed by atoms with Crippen molar-refractivity contribution >= 4 is 8.03 Å². The molecule has 0 aromatic rings. The van der Waals surface area contributed by atoms with Gasteiger partial charge >= 0.3 is 8.03 Å². The third kappa shape index (κ3) is 4.67. The van der Waals surface area contributed by atoms with Gasteiger partial charge < -0.3 is 14.4 Å². The highest BCUT2D eigenvalue weighted by molar-refractivity contribution is 7.37. The number of hydrogen-bond donors (Lipinski definition) is 0. The van der Waals surface area contributed by atoms with Crippen LogP contribution in [0.5, 0.6) is 0 Å². The molecule has 2 unspecified atom stereocenters. The Morgan fingerprint density at radius 3 is 1.92 bits per heavy atom. The molecule has 5 heteroatoms. The summed E-state index contributed by atoms with van der Waals surface area (Å²) in [7, 11) is -2.48. The zero-order chi connectivity index (χ0) is 10.3. The molecule has 0 fully saturated rings. The number of hydrogen-bond acceptors (Lipinski definition) is 4. The van der Waals surface area contributed by atoms with E-state index in [1.807, 2.05) is 13.8 Å².